The van der Waals surface area contributed by atoms with Gasteiger partial charge in [0.1, 0.15) is 69.9 Å². The van der Waals surface area contributed by atoms with E-state index in [0.717, 1.165) is 40.6 Å². The first-order valence-corrected chi connectivity index (χ1v) is 31.1. The predicted molar refractivity (Wildman–Crippen MR) is 363 cm³/mol. The van der Waals surface area contributed by atoms with Crippen LogP contribution in [-0.4, -0.2) is 76.8 Å². The molecule has 0 aliphatic heterocycles. The van der Waals surface area contributed by atoms with Crippen molar-refractivity contribution >= 4 is 79.8 Å². The molecule has 0 amide bonds. The average molecular weight is 1360 g/mol. The molecule has 96 heavy (non-hydrogen) atoms. The van der Waals surface area contributed by atoms with Crippen molar-refractivity contribution in [1.29, 1.82) is 0 Å². The summed E-state index contributed by atoms with van der Waals surface area (Å²) < 4.78 is 38.8. The third-order valence-corrected chi connectivity index (χ3v) is 16.3. The summed E-state index contributed by atoms with van der Waals surface area (Å²) >= 11 is 11.4. The molecular formula is C66H97Cl2N25O3+10. The number of benzene rings is 1. The van der Waals surface area contributed by atoms with E-state index < -0.39 is 4.92 Å². The number of nitrogens with zero attached hydrogens (tertiary/aromatic N) is 25. The number of carbonyl (C=O) groups excluding carboxylic acids is 1. The van der Waals surface area contributed by atoms with Crippen LogP contribution in [0.25, 0.3) is 44.4 Å². The number of para-hydroxylation sites is 2. The molecule has 0 saturated heterocycles. The number of rotatable bonds is 3. The van der Waals surface area contributed by atoms with Gasteiger partial charge < -0.3 is 10.1 Å². The van der Waals surface area contributed by atoms with Gasteiger partial charge in [-0.25, -0.2) is 78.1 Å². The van der Waals surface area contributed by atoms with Gasteiger partial charge in [0, 0.05) is 25.6 Å². The maximum atomic E-state index is 10.3. The fourth-order valence-electron chi connectivity index (χ4n) is 9.92. The van der Waals surface area contributed by atoms with Gasteiger partial charge in [-0.05, 0) is 47.5 Å². The van der Waals surface area contributed by atoms with Crippen molar-refractivity contribution < 1.29 is 55.4 Å². The first kappa shape index (κ1) is 76.1. The third kappa shape index (κ3) is 20.4. The van der Waals surface area contributed by atoms with Crippen molar-refractivity contribution in [1.82, 2.24) is 65.6 Å². The van der Waals surface area contributed by atoms with E-state index >= 15 is 0 Å². The molecule has 0 aliphatic rings. The molecule has 28 nitrogen and oxygen atoms in total. The number of pyridine rings is 2. The Hall–Kier alpha value is -10.6. The Morgan fingerprint density at radius 1 is 0.479 bits per heavy atom. The lowest BCUT2D eigenvalue weighted by atomic mass is 10.3. The maximum Gasteiger partial charge on any atom is 0.579 e. The lowest BCUT2D eigenvalue weighted by molar-refractivity contribution is -0.716. The predicted octanol–water partition coefficient (Wildman–Crippen LogP) is 2.59. The first-order chi connectivity index (χ1) is 45.4. The van der Waals surface area contributed by atoms with Crippen LogP contribution < -0.4 is 45.7 Å². The second-order valence-corrected chi connectivity index (χ2v) is 23.6. The summed E-state index contributed by atoms with van der Waals surface area (Å²) in [5.74, 6) is 3.38. The van der Waals surface area contributed by atoms with Crippen molar-refractivity contribution in [3.8, 4) is 0 Å². The first-order valence-electron chi connectivity index (χ1n) is 30.3. The number of nitro groups is 1. The van der Waals surface area contributed by atoms with E-state index in [0.29, 0.717) is 16.1 Å². The number of halogens is 2. The number of fused-ring (bicyclic) bond motifs is 4. The van der Waals surface area contributed by atoms with Gasteiger partial charge in [0.2, 0.25) is 31.6 Å². The van der Waals surface area contributed by atoms with Crippen LogP contribution in [0.1, 0.15) is 29.2 Å². The Kier molecular flexibility index (Phi) is 28.2. The van der Waals surface area contributed by atoms with Crippen LogP contribution in [0.4, 0.5) is 5.95 Å². The minimum absolute atomic E-state index is 0.0833. The molecule has 0 spiro atoms. The van der Waals surface area contributed by atoms with Crippen LogP contribution in [0.5, 0.6) is 0 Å². The molecule has 0 N–H and O–H groups in total. The van der Waals surface area contributed by atoms with Gasteiger partial charge in [0.25, 0.3) is 22.0 Å². The van der Waals surface area contributed by atoms with Gasteiger partial charge in [-0.1, -0.05) is 24.0 Å². The SMILES string of the molecule is CCc1n(C)cc[n+]1C.Cc1n(C)cc[n+]1C.Cn1c[n+](C)c(Cl)c1Cl.Cn1c[n+](C)c2ccccc21.Cn1c[n+](C)c2ccncc21.Cn1c[n+](C)c2ncccc21.Cn1c[n+](C)c2ncncc21.Cn1cc[n+](C)c1.Cn1cc[n+](C)c1C=O.Cn1cc[n+](C)c1[N+](=O)[O-]. The lowest BCUT2D eigenvalue weighted by Gasteiger charge is -1.90. The van der Waals surface area contributed by atoms with Crippen molar-refractivity contribution in [2.75, 3.05) is 0 Å². The van der Waals surface area contributed by atoms with Crippen LogP contribution >= 0.6 is 23.2 Å². The zero-order valence-corrected chi connectivity index (χ0v) is 61.1. The van der Waals surface area contributed by atoms with Gasteiger partial charge in [-0.3, -0.25) is 18.9 Å². The number of hydrogen-bond acceptors (Lipinski definition) is 7. The van der Waals surface area contributed by atoms with Gasteiger partial charge in [-0.2, -0.15) is 9.13 Å². The Balaban J connectivity index is 0.000000193. The molecular weight excluding hydrogens is 1260 g/mol. The zero-order chi connectivity index (χ0) is 71.2. The summed E-state index contributed by atoms with van der Waals surface area (Å²) in [6.45, 7) is 4.25. The molecule has 0 aliphatic carbocycles. The van der Waals surface area contributed by atoms with Gasteiger partial charge in [-0.15, -0.1) is 4.98 Å². The monoisotopic (exact) mass is 1360 g/mol. The normalized spacial score (nSPS) is 10.2. The van der Waals surface area contributed by atoms with Gasteiger partial charge in [0.05, 0.1) is 144 Å². The summed E-state index contributed by atoms with van der Waals surface area (Å²) in [5, 5.41) is 11.4. The molecule has 30 heteroatoms. The molecule has 13 heterocycles. The average Bonchev–Trinajstić information content (AvgIpc) is 1.70. The van der Waals surface area contributed by atoms with Crippen LogP contribution in [0, 0.1) is 17.0 Å². The van der Waals surface area contributed by atoms with Crippen LogP contribution in [0.2, 0.25) is 10.3 Å². The Morgan fingerprint density at radius 3 is 1.38 bits per heavy atom. The van der Waals surface area contributed by atoms with E-state index in [9.17, 15) is 14.9 Å². The highest BCUT2D eigenvalue weighted by molar-refractivity contribution is 6.39. The van der Waals surface area contributed by atoms with Crippen molar-refractivity contribution in [3.05, 3.63) is 211 Å². The zero-order valence-electron chi connectivity index (χ0n) is 59.6. The number of carbonyl (C=O) groups is 1. The number of aromatic nitrogens is 24. The van der Waals surface area contributed by atoms with E-state index in [4.69, 9.17) is 23.2 Å². The van der Waals surface area contributed by atoms with Crippen molar-refractivity contribution in [2.45, 2.75) is 20.3 Å². The second kappa shape index (κ2) is 35.6. The molecule has 0 unspecified atom stereocenters. The summed E-state index contributed by atoms with van der Waals surface area (Å²) in [6, 6.07) is 14.4. The summed E-state index contributed by atoms with van der Waals surface area (Å²) in [7, 11) is 39.0. The lowest BCUT2D eigenvalue weighted by Crippen LogP contribution is -2.31. The fourth-order valence-corrected chi connectivity index (χ4v) is 10.3. The number of hydrogen-bond donors (Lipinski definition) is 0. The highest BCUT2D eigenvalue weighted by Crippen LogP contribution is 2.15. The van der Waals surface area contributed by atoms with Crippen molar-refractivity contribution in [3.63, 3.8) is 0 Å². The molecule has 13 aromatic heterocycles. The topological polar surface area (TPSA) is 200 Å². The van der Waals surface area contributed by atoms with Crippen molar-refractivity contribution in [2.24, 2.45) is 141 Å². The molecule has 508 valence electrons. The maximum absolute atomic E-state index is 10.3. The van der Waals surface area contributed by atoms with Crippen LogP contribution in [-0.2, 0) is 147 Å². The molecule has 0 saturated carbocycles. The number of aldehydes is 1. The fraction of sp³-hybridized carbons (Fsp3) is 0.348. The van der Waals surface area contributed by atoms with E-state index in [1.165, 1.54) is 37.3 Å². The molecule has 0 bridgehead atoms. The Labute approximate surface area is 570 Å². The molecule has 0 fully saturated rings. The largest absolute Gasteiger partial charge is 0.579 e. The van der Waals surface area contributed by atoms with Crippen LogP contribution in [0.15, 0.2) is 174 Å². The quantitative estimate of drug-likeness (QED) is 0.112. The van der Waals surface area contributed by atoms with E-state index in [-0.39, 0.29) is 5.95 Å². The highest BCUT2D eigenvalue weighted by Gasteiger charge is 2.23. The van der Waals surface area contributed by atoms with E-state index in [2.05, 4.69) is 152 Å². The number of imidazole rings is 10. The minimum Gasteiger partial charge on any atom is -0.320 e. The summed E-state index contributed by atoms with van der Waals surface area (Å²) in [4.78, 5) is 36.5. The third-order valence-electron chi connectivity index (χ3n) is 15.3. The molecule has 14 rings (SSSR count). The standard InChI is InChI=1S/C9H11N2.2C8H10N3.C7H9N4.C7H13N2.C6H9N2O.C6H11N2.C5H7Cl2N2.C5H8N3O2.C5H9N2/c1-10-7-11(2)9-6-4-3-5-8(9)10;1-10-6-11(2)8-5-9-4-3-7(8)10;1-10-6-11(2)8-7(10)4-3-5-9-8;1-10-5-11(2)7-6(10)3-8-4-9-7;1-4-7-8(2)5-6-9(7)3;1-7-3-4-8(2)6(7)5-9;1-6-7(2)4-5-8(6)3;1-8-3-9(2)5(7)4(8)6;1-6-3-4-7(2)5(6)8(9)10;1-6-3-4-7(2)5-6/h3-7H,1-2H3;2*3-6H,1-2H3;3-5H,1-2H3;5-6H,4H2,1-3H3;3-5H,1-2H3;4-5H,1-3H3;3H,1-2H3;3-4H,1-2H3;3-5H,1-2H3/q10*+1. The molecule has 0 radical (unpaired) electrons. The smallest absolute Gasteiger partial charge is 0.320 e. The Morgan fingerprint density at radius 2 is 0.990 bits per heavy atom. The Bertz CT molecular complexity index is 4220. The minimum atomic E-state index is -0.417. The van der Waals surface area contributed by atoms with E-state index in [1.807, 2.05) is 227 Å². The van der Waals surface area contributed by atoms with Gasteiger partial charge in [0.15, 0.2) is 64.5 Å². The molecule has 1 aromatic carbocycles. The highest BCUT2D eigenvalue weighted by atomic mass is 35.5. The molecule has 0 atom stereocenters. The second-order valence-electron chi connectivity index (χ2n) is 22.9. The van der Waals surface area contributed by atoms with Crippen LogP contribution in [0.3, 0.4) is 0 Å². The van der Waals surface area contributed by atoms with Gasteiger partial charge >= 0.3 is 23.1 Å². The van der Waals surface area contributed by atoms with E-state index in [1.54, 1.807) is 51.1 Å². The number of aryl methyl sites for hydroxylation is 20. The molecule has 14 aromatic rings. The summed E-state index contributed by atoms with van der Waals surface area (Å²) in [5.41, 5.74) is 9.12. The summed E-state index contributed by atoms with van der Waals surface area (Å²) in [6.07, 6.45) is 41.8.